The van der Waals surface area contributed by atoms with Crippen LogP contribution in [0.25, 0.3) is 0 Å². The highest BCUT2D eigenvalue weighted by Crippen LogP contribution is 2.26. The van der Waals surface area contributed by atoms with Gasteiger partial charge in [0.2, 0.25) is 0 Å². The minimum Gasteiger partial charge on any atom is -0.487 e. The molecule has 118 valence electrons. The number of ether oxygens (including phenoxy) is 2. The highest BCUT2D eigenvalue weighted by Gasteiger charge is 2.04. The summed E-state index contributed by atoms with van der Waals surface area (Å²) in [6, 6.07) is 15.9. The van der Waals surface area contributed by atoms with Crippen LogP contribution in [-0.4, -0.2) is 18.9 Å². The summed E-state index contributed by atoms with van der Waals surface area (Å²) in [7, 11) is 0. The second-order valence-electron chi connectivity index (χ2n) is 5.82. The van der Waals surface area contributed by atoms with Gasteiger partial charge < -0.3 is 9.47 Å². The van der Waals surface area contributed by atoms with Gasteiger partial charge in [0, 0.05) is 6.07 Å². The smallest absolute Gasteiger partial charge is 0.131 e. The van der Waals surface area contributed by atoms with E-state index in [1.54, 1.807) is 0 Å². The van der Waals surface area contributed by atoms with Crippen LogP contribution in [0.4, 0.5) is 0 Å². The summed E-state index contributed by atoms with van der Waals surface area (Å²) in [4.78, 5) is 4.31. The fourth-order valence-electron chi connectivity index (χ4n) is 2.35. The van der Waals surface area contributed by atoms with Gasteiger partial charge in [0.25, 0.3) is 0 Å². The van der Waals surface area contributed by atoms with Crippen LogP contribution in [0.5, 0.6) is 17.2 Å². The van der Waals surface area contributed by atoms with E-state index in [1.807, 2.05) is 48.6 Å². The SMILES string of the molecule is CC(C)c1ccc(Oc2cccc(OCC3=NCC=C3)c2)cc1. The predicted molar refractivity (Wildman–Crippen MR) is 94.0 cm³/mol. The van der Waals surface area contributed by atoms with E-state index in [1.165, 1.54) is 5.56 Å². The maximum Gasteiger partial charge on any atom is 0.131 e. The number of benzene rings is 2. The van der Waals surface area contributed by atoms with Crippen LogP contribution in [0.1, 0.15) is 25.3 Å². The van der Waals surface area contributed by atoms with Gasteiger partial charge >= 0.3 is 0 Å². The summed E-state index contributed by atoms with van der Waals surface area (Å²) in [5.74, 6) is 2.90. The largest absolute Gasteiger partial charge is 0.487 e. The molecular weight excluding hydrogens is 286 g/mol. The minimum absolute atomic E-state index is 0.489. The van der Waals surface area contributed by atoms with Gasteiger partial charge in [-0.2, -0.15) is 0 Å². The number of aliphatic imine (C=N–C) groups is 1. The van der Waals surface area contributed by atoms with Crippen molar-refractivity contribution in [3.8, 4) is 17.2 Å². The van der Waals surface area contributed by atoms with Crippen molar-refractivity contribution in [3.05, 3.63) is 66.2 Å². The lowest BCUT2D eigenvalue weighted by Gasteiger charge is -2.10. The Morgan fingerprint density at radius 1 is 1.00 bits per heavy atom. The second-order valence-corrected chi connectivity index (χ2v) is 5.82. The van der Waals surface area contributed by atoms with Crippen molar-refractivity contribution in [1.29, 1.82) is 0 Å². The molecule has 0 saturated heterocycles. The first kappa shape index (κ1) is 15.3. The Balaban J connectivity index is 1.63. The van der Waals surface area contributed by atoms with Crippen LogP contribution < -0.4 is 9.47 Å². The third kappa shape index (κ3) is 4.22. The average Bonchev–Trinajstić information content (AvgIpc) is 3.07. The summed E-state index contributed by atoms with van der Waals surface area (Å²) in [5, 5.41) is 0. The summed E-state index contributed by atoms with van der Waals surface area (Å²) in [5.41, 5.74) is 2.28. The minimum atomic E-state index is 0.489. The molecule has 3 heteroatoms. The highest BCUT2D eigenvalue weighted by atomic mass is 16.5. The lowest BCUT2D eigenvalue weighted by molar-refractivity contribution is 0.374. The Kier molecular flexibility index (Phi) is 4.77. The molecule has 1 aliphatic rings. The zero-order valence-electron chi connectivity index (χ0n) is 13.5. The zero-order chi connectivity index (χ0) is 16.1. The Bertz CT molecular complexity index is 715. The standard InChI is InChI=1S/C20H21NO2/c1-15(2)16-8-10-18(11-9-16)23-20-7-3-6-19(13-20)22-14-17-5-4-12-21-17/h3-11,13,15H,12,14H2,1-2H3. The van der Waals surface area contributed by atoms with Crippen LogP contribution in [-0.2, 0) is 0 Å². The molecule has 1 aliphatic heterocycles. The number of hydrogen-bond acceptors (Lipinski definition) is 3. The lowest BCUT2D eigenvalue weighted by atomic mass is 10.0. The molecule has 0 unspecified atom stereocenters. The topological polar surface area (TPSA) is 30.8 Å². The predicted octanol–water partition coefficient (Wildman–Crippen LogP) is 4.99. The molecule has 0 saturated carbocycles. The molecule has 3 nitrogen and oxygen atoms in total. The Morgan fingerprint density at radius 3 is 2.48 bits per heavy atom. The van der Waals surface area contributed by atoms with Gasteiger partial charge in [-0.05, 0) is 41.8 Å². The van der Waals surface area contributed by atoms with E-state index in [0.717, 1.165) is 29.5 Å². The Labute approximate surface area is 137 Å². The first-order chi connectivity index (χ1) is 11.2. The monoisotopic (exact) mass is 307 g/mol. The van der Waals surface area contributed by atoms with Gasteiger partial charge in [0.05, 0.1) is 12.3 Å². The molecule has 2 aromatic carbocycles. The quantitative estimate of drug-likeness (QED) is 0.752. The van der Waals surface area contributed by atoms with Gasteiger partial charge in [-0.25, -0.2) is 0 Å². The summed E-state index contributed by atoms with van der Waals surface area (Å²) < 4.78 is 11.7. The number of rotatable bonds is 6. The van der Waals surface area contributed by atoms with E-state index in [2.05, 4.69) is 31.0 Å². The van der Waals surface area contributed by atoms with Crippen molar-refractivity contribution in [1.82, 2.24) is 0 Å². The summed E-state index contributed by atoms with van der Waals surface area (Å²) >= 11 is 0. The molecule has 0 aliphatic carbocycles. The first-order valence-electron chi connectivity index (χ1n) is 7.91. The number of hydrogen-bond donors (Lipinski definition) is 0. The third-order valence-corrected chi connectivity index (χ3v) is 3.68. The fraction of sp³-hybridized carbons (Fsp3) is 0.250. The normalized spacial score (nSPS) is 13.3. The Morgan fingerprint density at radius 2 is 1.78 bits per heavy atom. The molecule has 23 heavy (non-hydrogen) atoms. The molecule has 0 radical (unpaired) electrons. The van der Waals surface area contributed by atoms with Crippen LogP contribution in [0, 0.1) is 0 Å². The van der Waals surface area contributed by atoms with E-state index >= 15 is 0 Å². The third-order valence-electron chi connectivity index (χ3n) is 3.68. The van der Waals surface area contributed by atoms with Crippen LogP contribution in [0.2, 0.25) is 0 Å². The summed E-state index contributed by atoms with van der Waals surface area (Å²) in [6.07, 6.45) is 4.02. The molecule has 1 heterocycles. The fourth-order valence-corrected chi connectivity index (χ4v) is 2.35. The molecule has 3 rings (SSSR count). The number of nitrogens with zero attached hydrogens (tertiary/aromatic N) is 1. The molecule has 0 aromatic heterocycles. The maximum atomic E-state index is 5.90. The molecular formula is C20H21NO2. The molecule has 0 bridgehead atoms. The van der Waals surface area contributed by atoms with Crippen molar-refractivity contribution in [2.75, 3.05) is 13.2 Å². The van der Waals surface area contributed by atoms with Crippen molar-refractivity contribution in [2.45, 2.75) is 19.8 Å². The zero-order valence-corrected chi connectivity index (χ0v) is 13.5. The van der Waals surface area contributed by atoms with Crippen molar-refractivity contribution in [2.24, 2.45) is 4.99 Å². The molecule has 0 amide bonds. The summed E-state index contributed by atoms with van der Waals surface area (Å²) in [6.45, 7) is 5.61. The molecule has 0 atom stereocenters. The molecule has 2 aromatic rings. The van der Waals surface area contributed by atoms with Gasteiger partial charge in [-0.15, -0.1) is 0 Å². The van der Waals surface area contributed by atoms with E-state index in [0.29, 0.717) is 12.5 Å². The maximum absolute atomic E-state index is 5.90. The molecule has 0 spiro atoms. The van der Waals surface area contributed by atoms with Gasteiger partial charge in [0.15, 0.2) is 0 Å². The first-order valence-corrected chi connectivity index (χ1v) is 7.91. The van der Waals surface area contributed by atoms with Gasteiger partial charge in [-0.3, -0.25) is 4.99 Å². The highest BCUT2D eigenvalue weighted by molar-refractivity contribution is 5.97. The Hall–Kier alpha value is -2.55. The van der Waals surface area contributed by atoms with Gasteiger partial charge in [0.1, 0.15) is 23.9 Å². The van der Waals surface area contributed by atoms with E-state index < -0.39 is 0 Å². The molecule has 0 N–H and O–H groups in total. The average molecular weight is 307 g/mol. The van der Waals surface area contributed by atoms with E-state index in [9.17, 15) is 0 Å². The van der Waals surface area contributed by atoms with E-state index in [-0.39, 0.29) is 0 Å². The second kappa shape index (κ2) is 7.14. The van der Waals surface area contributed by atoms with Crippen LogP contribution in [0.3, 0.4) is 0 Å². The van der Waals surface area contributed by atoms with Crippen molar-refractivity contribution >= 4 is 5.71 Å². The lowest BCUT2D eigenvalue weighted by Crippen LogP contribution is -2.07. The van der Waals surface area contributed by atoms with Gasteiger partial charge in [-0.1, -0.05) is 38.1 Å². The van der Waals surface area contributed by atoms with Crippen molar-refractivity contribution < 1.29 is 9.47 Å². The van der Waals surface area contributed by atoms with Crippen molar-refractivity contribution in [3.63, 3.8) is 0 Å². The van der Waals surface area contributed by atoms with Crippen LogP contribution in [0.15, 0.2) is 65.7 Å². The van der Waals surface area contributed by atoms with Crippen LogP contribution >= 0.6 is 0 Å². The molecule has 0 fully saturated rings. The van der Waals surface area contributed by atoms with E-state index in [4.69, 9.17) is 9.47 Å².